The number of nitrogens with one attached hydrogen (secondary N) is 1. The van der Waals surface area contributed by atoms with Gasteiger partial charge in [-0.25, -0.2) is 0 Å². The van der Waals surface area contributed by atoms with Crippen molar-refractivity contribution < 1.29 is 9.90 Å². The van der Waals surface area contributed by atoms with Crippen LogP contribution in [-0.4, -0.2) is 42.7 Å². The molecule has 0 aliphatic rings. The van der Waals surface area contributed by atoms with E-state index in [4.69, 9.17) is 5.11 Å². The quantitative estimate of drug-likeness (QED) is 0.755. The molecular weight excluding hydrogens is 228 g/mol. The number of hydrogen-bond acceptors (Lipinski definition) is 3. The molecule has 1 atom stereocenters. The lowest BCUT2D eigenvalue weighted by Crippen LogP contribution is -2.37. The number of nitrogens with zero attached hydrogens (tertiary/aromatic N) is 1. The van der Waals surface area contributed by atoms with Crippen molar-refractivity contribution in [2.45, 2.75) is 13.5 Å². The summed E-state index contributed by atoms with van der Waals surface area (Å²) in [6.45, 7) is 3.64. The summed E-state index contributed by atoms with van der Waals surface area (Å²) in [6, 6.07) is 10.1. The number of aliphatic hydroxyl groups is 1. The highest BCUT2D eigenvalue weighted by Gasteiger charge is 2.08. The summed E-state index contributed by atoms with van der Waals surface area (Å²) in [4.78, 5) is 13.6. The minimum atomic E-state index is -0.00580. The van der Waals surface area contributed by atoms with E-state index in [9.17, 15) is 4.79 Å². The Hall–Kier alpha value is -1.39. The second-order valence-electron chi connectivity index (χ2n) is 4.75. The third-order valence-corrected chi connectivity index (χ3v) is 2.67. The second kappa shape index (κ2) is 7.84. The molecule has 0 radical (unpaired) electrons. The van der Waals surface area contributed by atoms with Gasteiger partial charge in [-0.3, -0.25) is 9.69 Å². The van der Waals surface area contributed by atoms with Crippen LogP contribution in [0.5, 0.6) is 0 Å². The minimum Gasteiger partial charge on any atom is -0.396 e. The number of carbonyl (C=O) groups is 1. The van der Waals surface area contributed by atoms with E-state index in [0.717, 1.165) is 6.54 Å². The van der Waals surface area contributed by atoms with Crippen LogP contribution in [-0.2, 0) is 11.3 Å². The van der Waals surface area contributed by atoms with Crippen molar-refractivity contribution in [1.82, 2.24) is 10.2 Å². The van der Waals surface area contributed by atoms with Crippen molar-refractivity contribution in [3.8, 4) is 0 Å². The van der Waals surface area contributed by atoms with Gasteiger partial charge in [-0.15, -0.1) is 0 Å². The summed E-state index contributed by atoms with van der Waals surface area (Å²) < 4.78 is 0. The van der Waals surface area contributed by atoms with Gasteiger partial charge < -0.3 is 10.4 Å². The molecule has 0 spiro atoms. The van der Waals surface area contributed by atoms with Gasteiger partial charge in [0.05, 0.1) is 6.54 Å². The molecule has 0 aliphatic carbocycles. The van der Waals surface area contributed by atoms with Gasteiger partial charge in [0.2, 0.25) is 5.91 Å². The number of benzene rings is 1. The minimum absolute atomic E-state index is 0.00580. The fourth-order valence-electron chi connectivity index (χ4n) is 1.60. The molecule has 100 valence electrons. The number of hydrogen-bond donors (Lipinski definition) is 2. The third-order valence-electron chi connectivity index (χ3n) is 2.67. The first-order valence-corrected chi connectivity index (χ1v) is 6.22. The van der Waals surface area contributed by atoms with E-state index in [1.54, 1.807) is 0 Å². The Balaban J connectivity index is 2.27. The summed E-state index contributed by atoms with van der Waals surface area (Å²) in [5, 5.41) is 11.7. The molecule has 0 aromatic heterocycles. The van der Waals surface area contributed by atoms with E-state index >= 15 is 0 Å². The average Bonchev–Trinajstić information content (AvgIpc) is 2.37. The van der Waals surface area contributed by atoms with Crippen molar-refractivity contribution in [3.05, 3.63) is 35.9 Å². The predicted octanol–water partition coefficient (Wildman–Crippen LogP) is 0.863. The van der Waals surface area contributed by atoms with E-state index in [0.29, 0.717) is 13.1 Å². The second-order valence-corrected chi connectivity index (χ2v) is 4.75. The van der Waals surface area contributed by atoms with Gasteiger partial charge in [0, 0.05) is 19.7 Å². The van der Waals surface area contributed by atoms with Crippen LogP contribution in [0.2, 0.25) is 0 Å². The smallest absolute Gasteiger partial charge is 0.234 e. The molecular formula is C14H22N2O2. The van der Waals surface area contributed by atoms with Crippen molar-refractivity contribution in [3.63, 3.8) is 0 Å². The maximum Gasteiger partial charge on any atom is 0.234 e. The predicted molar refractivity (Wildman–Crippen MR) is 72.0 cm³/mol. The van der Waals surface area contributed by atoms with Crippen LogP contribution >= 0.6 is 0 Å². The highest BCUT2D eigenvalue weighted by Crippen LogP contribution is 2.01. The summed E-state index contributed by atoms with van der Waals surface area (Å²) in [5.41, 5.74) is 1.19. The number of amides is 1. The summed E-state index contributed by atoms with van der Waals surface area (Å²) in [6.07, 6.45) is 0. The van der Waals surface area contributed by atoms with Crippen LogP contribution in [0.15, 0.2) is 30.3 Å². The van der Waals surface area contributed by atoms with Crippen LogP contribution in [0.3, 0.4) is 0 Å². The van der Waals surface area contributed by atoms with Gasteiger partial charge in [-0.05, 0) is 18.5 Å². The molecule has 18 heavy (non-hydrogen) atoms. The maximum atomic E-state index is 11.6. The molecule has 2 N–H and O–H groups in total. The molecule has 0 bridgehead atoms. The molecule has 0 saturated carbocycles. The number of likely N-dealkylation sites (N-methyl/N-ethyl adjacent to an activating group) is 1. The molecule has 0 saturated heterocycles. The summed E-state index contributed by atoms with van der Waals surface area (Å²) >= 11 is 0. The Kier molecular flexibility index (Phi) is 6.39. The van der Waals surface area contributed by atoms with Crippen LogP contribution in [0.4, 0.5) is 0 Å². The normalized spacial score (nSPS) is 12.4. The topological polar surface area (TPSA) is 52.6 Å². The number of carbonyl (C=O) groups excluding carboxylic acids is 1. The monoisotopic (exact) mass is 250 g/mol. The van der Waals surface area contributed by atoms with Gasteiger partial charge in [0.25, 0.3) is 0 Å². The first-order chi connectivity index (χ1) is 8.61. The van der Waals surface area contributed by atoms with Gasteiger partial charge in [0.1, 0.15) is 0 Å². The molecule has 1 aromatic rings. The molecule has 4 heteroatoms. The Labute approximate surface area is 109 Å². The highest BCUT2D eigenvalue weighted by molar-refractivity contribution is 5.77. The zero-order valence-electron chi connectivity index (χ0n) is 11.1. The summed E-state index contributed by atoms with van der Waals surface area (Å²) in [5.74, 6) is 0.0992. The molecule has 0 aliphatic heterocycles. The largest absolute Gasteiger partial charge is 0.396 e. The Morgan fingerprint density at radius 2 is 2.06 bits per heavy atom. The lowest BCUT2D eigenvalue weighted by molar-refractivity contribution is -0.122. The van der Waals surface area contributed by atoms with Crippen LogP contribution < -0.4 is 5.32 Å². The van der Waals surface area contributed by atoms with Crippen molar-refractivity contribution in [2.24, 2.45) is 5.92 Å². The molecule has 0 heterocycles. The Morgan fingerprint density at radius 1 is 1.39 bits per heavy atom. The fourth-order valence-corrected chi connectivity index (χ4v) is 1.60. The first kappa shape index (κ1) is 14.7. The zero-order chi connectivity index (χ0) is 13.4. The lowest BCUT2D eigenvalue weighted by atomic mass is 10.2. The SMILES string of the molecule is CC(CO)CNC(=O)CN(C)Cc1ccccc1. The molecule has 1 rings (SSSR count). The Morgan fingerprint density at radius 3 is 2.67 bits per heavy atom. The standard InChI is InChI=1S/C14H22N2O2/c1-12(11-17)8-15-14(18)10-16(2)9-13-6-4-3-5-7-13/h3-7,12,17H,8-11H2,1-2H3,(H,15,18). The van der Waals surface area contributed by atoms with E-state index in [-0.39, 0.29) is 18.4 Å². The van der Waals surface area contributed by atoms with Gasteiger partial charge >= 0.3 is 0 Å². The van der Waals surface area contributed by atoms with Crippen molar-refractivity contribution >= 4 is 5.91 Å². The van der Waals surface area contributed by atoms with Gasteiger partial charge in [-0.1, -0.05) is 37.3 Å². The maximum absolute atomic E-state index is 11.6. The molecule has 4 nitrogen and oxygen atoms in total. The van der Waals surface area contributed by atoms with Crippen LogP contribution in [0.1, 0.15) is 12.5 Å². The van der Waals surface area contributed by atoms with Crippen molar-refractivity contribution in [2.75, 3.05) is 26.7 Å². The lowest BCUT2D eigenvalue weighted by Gasteiger charge is -2.17. The molecule has 0 fully saturated rings. The van der Waals surface area contributed by atoms with Crippen molar-refractivity contribution in [1.29, 1.82) is 0 Å². The van der Waals surface area contributed by atoms with Gasteiger partial charge in [0.15, 0.2) is 0 Å². The van der Waals surface area contributed by atoms with Crippen LogP contribution in [0, 0.1) is 5.92 Å². The van der Waals surface area contributed by atoms with E-state index in [2.05, 4.69) is 5.32 Å². The molecule has 1 aromatic carbocycles. The van der Waals surface area contributed by atoms with Gasteiger partial charge in [-0.2, -0.15) is 0 Å². The third kappa shape index (κ3) is 5.80. The highest BCUT2D eigenvalue weighted by atomic mass is 16.3. The van der Waals surface area contributed by atoms with Crippen LogP contribution in [0.25, 0.3) is 0 Å². The van der Waals surface area contributed by atoms with E-state index in [1.165, 1.54) is 5.56 Å². The number of aliphatic hydroxyl groups excluding tert-OH is 1. The summed E-state index contributed by atoms with van der Waals surface area (Å²) in [7, 11) is 1.92. The first-order valence-electron chi connectivity index (χ1n) is 6.22. The number of rotatable bonds is 7. The average molecular weight is 250 g/mol. The molecule has 1 amide bonds. The van der Waals surface area contributed by atoms with E-state index in [1.807, 2.05) is 49.2 Å². The van der Waals surface area contributed by atoms with E-state index < -0.39 is 0 Å². The zero-order valence-corrected chi connectivity index (χ0v) is 11.1. The Bertz CT molecular complexity index is 354. The fraction of sp³-hybridized carbons (Fsp3) is 0.500. The molecule has 1 unspecified atom stereocenters.